The van der Waals surface area contributed by atoms with Crippen LogP contribution in [0, 0.1) is 10.1 Å². The average molecular weight is 258 g/mol. The fourth-order valence-electron chi connectivity index (χ4n) is 1.17. The number of para-hydroxylation sites is 1. The normalized spacial score (nSPS) is 16.3. The van der Waals surface area contributed by atoms with Crippen LogP contribution in [0.3, 0.4) is 0 Å². The van der Waals surface area contributed by atoms with Crippen LogP contribution in [0.25, 0.3) is 0 Å². The van der Waals surface area contributed by atoms with Gasteiger partial charge in [-0.05, 0) is 0 Å². The van der Waals surface area contributed by atoms with E-state index in [9.17, 15) is 10.1 Å². The molecule has 0 bridgehead atoms. The molecule has 5 heteroatoms. The van der Waals surface area contributed by atoms with E-state index in [0.717, 1.165) is 17.7 Å². The van der Waals surface area contributed by atoms with Gasteiger partial charge in [-0.25, -0.2) is 0 Å². The molecule has 1 saturated heterocycles. The second kappa shape index (κ2) is 4.09. The minimum absolute atomic E-state index is 0.169. The number of nitro benzene ring substituents is 1. The van der Waals surface area contributed by atoms with E-state index in [-0.39, 0.29) is 25.6 Å². The van der Waals surface area contributed by atoms with Crippen molar-refractivity contribution < 1.29 is 9.66 Å². The third kappa shape index (κ3) is 1.95. The summed E-state index contributed by atoms with van der Waals surface area (Å²) in [5.41, 5.74) is 0.249. The number of rotatable bonds is 3. The molecule has 1 aromatic rings. The van der Waals surface area contributed by atoms with E-state index < -0.39 is 0 Å². The van der Waals surface area contributed by atoms with Gasteiger partial charge in [0.05, 0.1) is 0 Å². The Morgan fingerprint density at radius 3 is 2.71 bits per heavy atom. The molecule has 1 aromatic carbocycles. The summed E-state index contributed by atoms with van der Waals surface area (Å²) in [6.07, 6.45) is 0. The summed E-state index contributed by atoms with van der Waals surface area (Å²) < 4.78 is 5.93. The Bertz CT molecular complexity index is 352. The van der Waals surface area contributed by atoms with Crippen LogP contribution >= 0.6 is 0 Å². The van der Waals surface area contributed by atoms with Crippen LogP contribution in [0.2, 0.25) is 4.82 Å². The third-order valence-electron chi connectivity index (χ3n) is 1.96. The molecule has 0 spiro atoms. The van der Waals surface area contributed by atoms with E-state index in [1.165, 1.54) is 0 Å². The van der Waals surface area contributed by atoms with Crippen molar-refractivity contribution in [1.82, 2.24) is 0 Å². The Kier molecular flexibility index (Phi) is 2.82. The summed E-state index contributed by atoms with van der Waals surface area (Å²) in [4.78, 5) is 10.9. The predicted molar refractivity (Wildman–Crippen MR) is 53.1 cm³/mol. The van der Waals surface area contributed by atoms with Gasteiger partial charge in [-0.15, -0.1) is 0 Å². The van der Waals surface area contributed by atoms with Gasteiger partial charge in [0.2, 0.25) is 0 Å². The molecule has 0 radical (unpaired) electrons. The molecule has 1 aliphatic heterocycles. The molecule has 0 atom stereocenters. The molecule has 0 amide bonds. The zero-order valence-corrected chi connectivity index (χ0v) is 9.09. The van der Waals surface area contributed by atoms with E-state index in [0.29, 0.717) is 4.82 Å². The Labute approximate surface area is 87.6 Å². The molecule has 1 aliphatic rings. The number of ether oxygens (including phenoxy) is 1. The molecule has 1 fully saturated rings. The fourth-order valence-corrected chi connectivity index (χ4v) is 3.49. The van der Waals surface area contributed by atoms with Crippen molar-refractivity contribution in [2.75, 3.05) is 13.2 Å². The topological polar surface area (TPSA) is 52.4 Å². The molecule has 1 heterocycles. The molecule has 0 unspecified atom stereocenters. The molecule has 74 valence electrons. The van der Waals surface area contributed by atoms with Crippen molar-refractivity contribution >= 4 is 25.1 Å². The zero-order chi connectivity index (χ0) is 9.97. The van der Waals surface area contributed by atoms with Gasteiger partial charge < -0.3 is 0 Å². The first-order valence-corrected chi connectivity index (χ1v) is 6.10. The van der Waals surface area contributed by atoms with Gasteiger partial charge >= 0.3 is 87.2 Å². The summed E-state index contributed by atoms with van der Waals surface area (Å²) >= 11 is 0.169. The number of benzene rings is 1. The second-order valence-electron chi connectivity index (χ2n) is 3.00. The Hall–Kier alpha value is -0.901. The first-order chi connectivity index (χ1) is 6.77. The van der Waals surface area contributed by atoms with E-state index in [4.69, 9.17) is 4.74 Å². The number of hydrogen-bond acceptors (Lipinski definition) is 3. The van der Waals surface area contributed by atoms with Crippen LogP contribution in [0.15, 0.2) is 24.3 Å². The molecule has 0 aliphatic carbocycles. The van der Waals surface area contributed by atoms with Gasteiger partial charge in [-0.2, -0.15) is 0 Å². The summed E-state index contributed by atoms with van der Waals surface area (Å²) in [6.45, 7) is 1.51. The van der Waals surface area contributed by atoms with Crippen LogP contribution in [0.4, 0.5) is 5.69 Å². The van der Waals surface area contributed by atoms with E-state index in [1.807, 2.05) is 12.1 Å². The molecule has 14 heavy (non-hydrogen) atoms. The Morgan fingerprint density at radius 2 is 2.14 bits per heavy atom. The van der Waals surface area contributed by atoms with Crippen molar-refractivity contribution in [2.24, 2.45) is 0 Å². The number of hydrogen-bond donors (Lipinski definition) is 0. The predicted octanol–water partition coefficient (Wildman–Crippen LogP) is 0.743. The van der Waals surface area contributed by atoms with Crippen LogP contribution in [0.5, 0.6) is 0 Å². The SMILES string of the molecule is O=[N+]([O-])c1ccccc1[Se]C1COC1. The van der Waals surface area contributed by atoms with Crippen LogP contribution in [-0.4, -0.2) is 33.1 Å². The first kappa shape index (κ1) is 9.65. The first-order valence-electron chi connectivity index (χ1n) is 4.25. The van der Waals surface area contributed by atoms with Crippen molar-refractivity contribution in [3.8, 4) is 0 Å². The average Bonchev–Trinajstić information content (AvgIpc) is 2.12. The van der Waals surface area contributed by atoms with Gasteiger partial charge in [0.1, 0.15) is 0 Å². The summed E-state index contributed by atoms with van der Waals surface area (Å²) in [5, 5.41) is 10.7. The summed E-state index contributed by atoms with van der Waals surface area (Å²) in [7, 11) is 0. The molecule has 0 N–H and O–H groups in total. The molecular formula is C9H9NO3Se. The summed E-state index contributed by atoms with van der Waals surface area (Å²) in [5.74, 6) is 0. The van der Waals surface area contributed by atoms with E-state index in [1.54, 1.807) is 12.1 Å². The van der Waals surface area contributed by atoms with Crippen molar-refractivity contribution in [1.29, 1.82) is 0 Å². The van der Waals surface area contributed by atoms with Crippen LogP contribution in [-0.2, 0) is 4.74 Å². The zero-order valence-electron chi connectivity index (χ0n) is 7.38. The number of nitro groups is 1. The van der Waals surface area contributed by atoms with Crippen molar-refractivity contribution in [2.45, 2.75) is 4.82 Å². The van der Waals surface area contributed by atoms with Crippen molar-refractivity contribution in [3.63, 3.8) is 0 Å². The van der Waals surface area contributed by atoms with Crippen LogP contribution in [0.1, 0.15) is 0 Å². The number of nitrogens with zero attached hydrogens (tertiary/aromatic N) is 1. The van der Waals surface area contributed by atoms with Gasteiger partial charge in [0.15, 0.2) is 0 Å². The maximum atomic E-state index is 10.7. The van der Waals surface area contributed by atoms with Crippen LogP contribution < -0.4 is 4.46 Å². The monoisotopic (exact) mass is 259 g/mol. The molecule has 0 saturated carbocycles. The molecular weight excluding hydrogens is 249 g/mol. The third-order valence-corrected chi connectivity index (χ3v) is 4.49. The fraction of sp³-hybridized carbons (Fsp3) is 0.333. The molecule has 4 nitrogen and oxygen atoms in total. The Balaban J connectivity index is 2.17. The minimum atomic E-state index is -0.309. The van der Waals surface area contributed by atoms with Crippen molar-refractivity contribution in [3.05, 3.63) is 34.4 Å². The van der Waals surface area contributed by atoms with Gasteiger partial charge in [-0.3, -0.25) is 0 Å². The van der Waals surface area contributed by atoms with E-state index >= 15 is 0 Å². The maximum absolute atomic E-state index is 10.7. The van der Waals surface area contributed by atoms with Gasteiger partial charge in [0, 0.05) is 0 Å². The standard InChI is InChI=1S/C9H9NO3Se/c11-10(12)8-3-1-2-4-9(8)14-7-5-13-6-7/h1-4,7H,5-6H2. The second-order valence-corrected chi connectivity index (χ2v) is 5.82. The van der Waals surface area contributed by atoms with E-state index in [2.05, 4.69) is 0 Å². The van der Waals surface area contributed by atoms with Gasteiger partial charge in [0.25, 0.3) is 0 Å². The van der Waals surface area contributed by atoms with Gasteiger partial charge in [-0.1, -0.05) is 0 Å². The molecule has 0 aromatic heterocycles. The molecule has 2 rings (SSSR count). The quantitative estimate of drug-likeness (QED) is 0.456. The Morgan fingerprint density at radius 1 is 1.43 bits per heavy atom. The summed E-state index contributed by atoms with van der Waals surface area (Å²) in [6, 6.07) is 6.96.